The summed E-state index contributed by atoms with van der Waals surface area (Å²) in [5, 5.41) is 2.79. The third-order valence-corrected chi connectivity index (χ3v) is 7.21. The van der Waals surface area contributed by atoms with Crippen molar-refractivity contribution in [3.8, 4) is 5.75 Å². The van der Waals surface area contributed by atoms with Gasteiger partial charge in [0.25, 0.3) is 10.0 Å². The van der Waals surface area contributed by atoms with Gasteiger partial charge in [-0.25, -0.2) is 8.42 Å². The summed E-state index contributed by atoms with van der Waals surface area (Å²) in [5.74, 6) is 0.967. The molecular formula is C23H25BrN2O5S. The van der Waals surface area contributed by atoms with Gasteiger partial charge in [-0.05, 0) is 71.7 Å². The molecule has 0 radical (unpaired) electrons. The second kappa shape index (κ2) is 10.7. The largest absolute Gasteiger partial charge is 0.496 e. The highest BCUT2D eigenvalue weighted by molar-refractivity contribution is 9.10. The summed E-state index contributed by atoms with van der Waals surface area (Å²) in [4.78, 5) is 12.7. The molecule has 1 aromatic heterocycles. The van der Waals surface area contributed by atoms with Gasteiger partial charge in [-0.15, -0.1) is 0 Å². The van der Waals surface area contributed by atoms with Crippen molar-refractivity contribution < 1.29 is 22.4 Å². The van der Waals surface area contributed by atoms with Crippen LogP contribution in [-0.4, -0.2) is 34.5 Å². The minimum absolute atomic E-state index is 0.0522. The summed E-state index contributed by atoms with van der Waals surface area (Å²) in [6.45, 7) is 1.99. The minimum atomic E-state index is -4.00. The highest BCUT2D eigenvalue weighted by Gasteiger charge is 2.28. The molecule has 0 spiro atoms. The maximum atomic E-state index is 13.5. The average Bonchev–Trinajstić information content (AvgIpc) is 3.29. The Hall–Kier alpha value is -2.78. The molecule has 0 saturated heterocycles. The van der Waals surface area contributed by atoms with Crippen LogP contribution in [0.4, 0.5) is 5.69 Å². The average molecular weight is 521 g/mol. The lowest BCUT2D eigenvalue weighted by atomic mass is 10.2. The molecule has 2 aromatic carbocycles. The lowest BCUT2D eigenvalue weighted by Gasteiger charge is -2.24. The van der Waals surface area contributed by atoms with Gasteiger partial charge in [0, 0.05) is 13.0 Å². The number of halogens is 1. The molecule has 0 aliphatic rings. The van der Waals surface area contributed by atoms with Crippen molar-refractivity contribution >= 4 is 37.5 Å². The van der Waals surface area contributed by atoms with Crippen molar-refractivity contribution in [2.45, 2.75) is 24.7 Å². The first kappa shape index (κ1) is 23.9. The molecule has 0 aliphatic carbocycles. The van der Waals surface area contributed by atoms with Crippen LogP contribution in [0.2, 0.25) is 0 Å². The van der Waals surface area contributed by atoms with E-state index in [1.807, 2.05) is 31.2 Å². The number of hydrogen-bond donors (Lipinski definition) is 1. The van der Waals surface area contributed by atoms with Crippen LogP contribution in [0, 0.1) is 6.92 Å². The van der Waals surface area contributed by atoms with Crippen LogP contribution in [0.5, 0.6) is 5.75 Å². The first-order valence-electron chi connectivity index (χ1n) is 10.0. The van der Waals surface area contributed by atoms with E-state index in [-0.39, 0.29) is 17.3 Å². The summed E-state index contributed by atoms with van der Waals surface area (Å²) < 4.78 is 39.0. The van der Waals surface area contributed by atoms with Crippen LogP contribution in [0.3, 0.4) is 0 Å². The van der Waals surface area contributed by atoms with Crippen LogP contribution in [0.1, 0.15) is 17.7 Å². The number of carbonyl (C=O) groups is 1. The van der Waals surface area contributed by atoms with Gasteiger partial charge in [0.2, 0.25) is 5.91 Å². The second-order valence-electron chi connectivity index (χ2n) is 7.18. The maximum absolute atomic E-state index is 13.5. The van der Waals surface area contributed by atoms with Gasteiger partial charge in [-0.2, -0.15) is 0 Å². The predicted molar refractivity (Wildman–Crippen MR) is 126 cm³/mol. The number of anilines is 1. The fourth-order valence-corrected chi connectivity index (χ4v) is 5.23. The molecule has 3 rings (SSSR count). The van der Waals surface area contributed by atoms with E-state index in [1.54, 1.807) is 24.5 Å². The zero-order valence-corrected chi connectivity index (χ0v) is 20.3. The molecule has 1 amide bonds. The van der Waals surface area contributed by atoms with Crippen LogP contribution in [0.25, 0.3) is 0 Å². The number of ether oxygens (including phenoxy) is 1. The maximum Gasteiger partial charge on any atom is 0.264 e. The number of nitrogens with zero attached hydrogens (tertiary/aromatic N) is 1. The number of carbonyl (C=O) groups excluding carboxylic acids is 1. The number of hydrogen-bond acceptors (Lipinski definition) is 5. The zero-order chi connectivity index (χ0) is 23.1. The molecular weight excluding hydrogens is 496 g/mol. The van der Waals surface area contributed by atoms with Gasteiger partial charge >= 0.3 is 0 Å². The molecule has 0 unspecified atom stereocenters. The van der Waals surface area contributed by atoms with Crippen LogP contribution < -0.4 is 14.4 Å². The summed E-state index contributed by atoms with van der Waals surface area (Å²) in [6, 6.07) is 15.2. The van der Waals surface area contributed by atoms with Crippen LogP contribution >= 0.6 is 15.9 Å². The second-order valence-corrected chi connectivity index (χ2v) is 9.89. The molecule has 0 saturated carbocycles. The molecule has 1 N–H and O–H groups in total. The van der Waals surface area contributed by atoms with E-state index in [0.29, 0.717) is 35.3 Å². The molecule has 170 valence electrons. The van der Waals surface area contributed by atoms with Crippen LogP contribution in [-0.2, 0) is 21.2 Å². The molecule has 0 fully saturated rings. The smallest absolute Gasteiger partial charge is 0.264 e. The van der Waals surface area contributed by atoms with Crippen molar-refractivity contribution in [1.82, 2.24) is 5.32 Å². The number of methoxy groups -OCH3 is 1. The van der Waals surface area contributed by atoms with E-state index in [1.165, 1.54) is 19.2 Å². The Kier molecular flexibility index (Phi) is 7.98. The first-order valence-corrected chi connectivity index (χ1v) is 12.3. The first-order chi connectivity index (χ1) is 15.3. The van der Waals surface area contributed by atoms with Crippen molar-refractivity contribution in [3.63, 3.8) is 0 Å². The number of benzene rings is 2. The normalized spacial score (nSPS) is 11.2. The van der Waals surface area contributed by atoms with Gasteiger partial charge in [0.15, 0.2) is 0 Å². The number of aryl methyl sites for hydroxylation is 2. The predicted octanol–water partition coefficient (Wildman–Crippen LogP) is 4.30. The highest BCUT2D eigenvalue weighted by atomic mass is 79.9. The SMILES string of the molecule is COc1ccc(S(=O)(=O)N(CC(=O)NCCCc2ccco2)c2ccc(C)cc2)cc1Br. The summed E-state index contributed by atoms with van der Waals surface area (Å²) in [7, 11) is -2.50. The molecule has 3 aromatic rings. The quantitative estimate of drug-likeness (QED) is 0.402. The van der Waals surface area contributed by atoms with Crippen LogP contribution in [0.15, 0.2) is 74.6 Å². The lowest BCUT2D eigenvalue weighted by molar-refractivity contribution is -0.119. The fraction of sp³-hybridized carbons (Fsp3) is 0.261. The lowest BCUT2D eigenvalue weighted by Crippen LogP contribution is -2.41. The molecule has 0 bridgehead atoms. The summed E-state index contributed by atoms with van der Waals surface area (Å²) in [5.41, 5.74) is 1.40. The molecule has 1 heterocycles. The fourth-order valence-electron chi connectivity index (χ4n) is 3.09. The highest BCUT2D eigenvalue weighted by Crippen LogP contribution is 2.30. The number of nitrogens with one attached hydrogen (secondary N) is 1. The molecule has 0 aliphatic heterocycles. The Morgan fingerprint density at radius 2 is 1.91 bits per heavy atom. The van der Waals surface area contributed by atoms with E-state index in [4.69, 9.17) is 9.15 Å². The Bertz CT molecular complexity index is 1150. The van der Waals surface area contributed by atoms with E-state index >= 15 is 0 Å². The van der Waals surface area contributed by atoms with E-state index in [0.717, 1.165) is 15.6 Å². The van der Waals surface area contributed by atoms with Crippen molar-refractivity contribution in [2.24, 2.45) is 0 Å². The van der Waals surface area contributed by atoms with Crippen molar-refractivity contribution in [3.05, 3.63) is 76.7 Å². The number of furan rings is 1. The monoisotopic (exact) mass is 520 g/mol. The topological polar surface area (TPSA) is 88.9 Å². The Morgan fingerprint density at radius 1 is 1.16 bits per heavy atom. The molecule has 7 nitrogen and oxygen atoms in total. The minimum Gasteiger partial charge on any atom is -0.496 e. The van der Waals surface area contributed by atoms with Crippen molar-refractivity contribution in [2.75, 3.05) is 24.5 Å². The van der Waals surface area contributed by atoms with Gasteiger partial charge < -0.3 is 14.5 Å². The molecule has 32 heavy (non-hydrogen) atoms. The summed E-state index contributed by atoms with van der Waals surface area (Å²) in [6.07, 6.45) is 2.98. The van der Waals surface area contributed by atoms with Gasteiger partial charge in [-0.3, -0.25) is 9.10 Å². The Balaban J connectivity index is 1.78. The number of rotatable bonds is 10. The Labute approximate surface area is 196 Å². The van der Waals surface area contributed by atoms with Crippen molar-refractivity contribution in [1.29, 1.82) is 0 Å². The van der Waals surface area contributed by atoms with Gasteiger partial charge in [0.05, 0.1) is 28.4 Å². The number of sulfonamides is 1. The number of amides is 1. The Morgan fingerprint density at radius 3 is 2.53 bits per heavy atom. The zero-order valence-electron chi connectivity index (χ0n) is 17.9. The molecule has 0 atom stereocenters. The third kappa shape index (κ3) is 5.92. The van der Waals surface area contributed by atoms with Gasteiger partial charge in [-0.1, -0.05) is 17.7 Å². The van der Waals surface area contributed by atoms with E-state index in [2.05, 4.69) is 21.2 Å². The molecule has 9 heteroatoms. The van der Waals surface area contributed by atoms with E-state index in [9.17, 15) is 13.2 Å². The van der Waals surface area contributed by atoms with Gasteiger partial charge in [0.1, 0.15) is 18.1 Å². The summed E-state index contributed by atoms with van der Waals surface area (Å²) >= 11 is 3.33. The standard InChI is InChI=1S/C23H25BrN2O5S/c1-17-7-9-18(10-8-17)26(16-23(27)25-13-3-5-19-6-4-14-31-19)32(28,29)20-11-12-22(30-2)21(24)15-20/h4,6-12,14-15H,3,5,13,16H2,1-2H3,(H,25,27). The third-order valence-electron chi connectivity index (χ3n) is 4.82. The van der Waals surface area contributed by atoms with E-state index < -0.39 is 10.0 Å².